The molecule has 4 fully saturated rings. The molecule has 4 aliphatic heterocycles. The third-order valence-electron chi connectivity index (χ3n) is 14.5. The minimum Gasteiger partial charge on any atom is -0.359 e. The second-order valence-electron chi connectivity index (χ2n) is 20.1. The van der Waals surface area contributed by atoms with Crippen LogP contribution in [0.2, 0.25) is 10.0 Å². The summed E-state index contributed by atoms with van der Waals surface area (Å²) in [5, 5.41) is 5.51. The number of nitrogens with zero attached hydrogens (tertiary/aromatic N) is 5. The van der Waals surface area contributed by atoms with Crippen molar-refractivity contribution in [2.45, 2.75) is 104 Å². The zero-order chi connectivity index (χ0) is 51.4. The molecular formula is C56H66Cl2F2N8O4. The van der Waals surface area contributed by atoms with E-state index in [9.17, 15) is 28.0 Å². The topological polar surface area (TPSA) is 128 Å². The molecule has 4 aromatic carbocycles. The maximum atomic E-state index is 13.8. The molecule has 382 valence electrons. The first-order chi connectivity index (χ1) is 34.4. The van der Waals surface area contributed by atoms with Gasteiger partial charge in [0.25, 0.3) is 23.5 Å². The van der Waals surface area contributed by atoms with Gasteiger partial charge in [-0.05, 0) is 146 Å². The number of benzene rings is 4. The molecule has 3 amide bonds. The second kappa shape index (κ2) is 23.1. The summed E-state index contributed by atoms with van der Waals surface area (Å²) < 4.78 is 26.5. The molecule has 0 radical (unpaired) electrons. The van der Waals surface area contributed by atoms with Crippen LogP contribution in [-0.2, 0) is 17.9 Å². The van der Waals surface area contributed by atoms with Gasteiger partial charge < -0.3 is 30.0 Å². The summed E-state index contributed by atoms with van der Waals surface area (Å²) in [6.07, 6.45) is 4.57. The van der Waals surface area contributed by atoms with Gasteiger partial charge in [0, 0.05) is 110 Å². The number of amides is 3. The van der Waals surface area contributed by atoms with Crippen LogP contribution in [0, 0.1) is 25.5 Å². The Bertz CT molecular complexity index is 2910. The van der Waals surface area contributed by atoms with Crippen molar-refractivity contribution in [2.24, 2.45) is 0 Å². The van der Waals surface area contributed by atoms with Crippen molar-refractivity contribution < 1.29 is 28.0 Å². The van der Waals surface area contributed by atoms with E-state index in [1.165, 1.54) is 50.2 Å². The van der Waals surface area contributed by atoms with Gasteiger partial charge in [0.15, 0.2) is 0 Å². The van der Waals surface area contributed by atoms with E-state index in [0.29, 0.717) is 82.6 Å². The van der Waals surface area contributed by atoms with E-state index in [1.54, 1.807) is 36.1 Å². The number of likely N-dealkylation sites (tertiary alicyclic amines) is 1. The predicted octanol–water partition coefficient (Wildman–Crippen LogP) is 10.2. The van der Waals surface area contributed by atoms with Gasteiger partial charge in [0.05, 0.1) is 26.7 Å². The van der Waals surface area contributed by atoms with E-state index in [-0.39, 0.29) is 47.6 Å². The average molecular weight is 1020 g/mol. The van der Waals surface area contributed by atoms with Crippen LogP contribution in [-0.4, -0.2) is 134 Å². The van der Waals surface area contributed by atoms with Crippen molar-refractivity contribution in [3.63, 3.8) is 0 Å². The van der Waals surface area contributed by atoms with Gasteiger partial charge in [0.2, 0.25) is 0 Å². The summed E-state index contributed by atoms with van der Waals surface area (Å²) in [5.41, 5.74) is 6.42. The zero-order valence-electron chi connectivity index (χ0n) is 42.1. The zero-order valence-corrected chi connectivity index (χ0v) is 43.6. The summed E-state index contributed by atoms with van der Waals surface area (Å²) >= 11 is 13.0. The monoisotopic (exact) mass is 1020 g/mol. The van der Waals surface area contributed by atoms with Crippen LogP contribution in [0.15, 0.2) is 78.9 Å². The van der Waals surface area contributed by atoms with E-state index in [1.807, 2.05) is 54.0 Å². The Balaban J connectivity index is 0.000000180. The number of piperazine rings is 2. The smallest absolute Gasteiger partial charge is 0.295 e. The summed E-state index contributed by atoms with van der Waals surface area (Å²) in [5.74, 6) is -1.79. The Morgan fingerprint density at radius 3 is 1.57 bits per heavy atom. The van der Waals surface area contributed by atoms with Crippen molar-refractivity contribution in [3.8, 4) is 0 Å². The normalized spacial score (nSPS) is 20.6. The fraction of sp³-hybridized carbons (Fsp3) is 0.429. The predicted molar refractivity (Wildman–Crippen MR) is 282 cm³/mol. The highest BCUT2D eigenvalue weighted by atomic mass is 35.5. The Morgan fingerprint density at radius 2 is 1.08 bits per heavy atom. The van der Waals surface area contributed by atoms with E-state index in [2.05, 4.69) is 45.9 Å². The number of carbonyl (C=O) groups is 4. The number of halogens is 4. The molecule has 16 heteroatoms. The van der Waals surface area contributed by atoms with Crippen LogP contribution in [0.3, 0.4) is 0 Å². The highest BCUT2D eigenvalue weighted by molar-refractivity contribution is 6.45. The Hall–Kier alpha value is -5.64. The first kappa shape index (κ1) is 52.7. The maximum absolute atomic E-state index is 13.8. The average Bonchev–Trinajstić information content (AvgIpc) is 4.21. The molecule has 6 heterocycles. The van der Waals surface area contributed by atoms with Gasteiger partial charge in [-0.2, -0.15) is 0 Å². The number of fused-ring (bicyclic) bond motifs is 2. The van der Waals surface area contributed by atoms with Crippen molar-refractivity contribution in [1.82, 2.24) is 39.8 Å². The standard InChI is InChI=1S/C29H32ClFN4O3.C23H25ClFN3O.C4H9N/c1-17-15-35(18(2)14-34(17)16-20-6-8-21(31)9-7-20)28(37)22-12-23-25(13-24(22)30)32-19(3)26(23)27(36)29(38)33-10-4-5-11-33;1-14-8-18-9-20(21(24)10-22(18)26-14)23(29)28-12-15(2)27(11-16(28)3)13-17-4-6-19(25)7-5-17;1-2-4-5-3-1/h6-9,12-13,17-18,32H,4-5,10-11,14-16H2,1-3H3;4-10,15-16,26H,11-13H2,1-3H3;5H,1-4H2/t17-,18+;15-,16+;/m00./s1. The summed E-state index contributed by atoms with van der Waals surface area (Å²) in [7, 11) is 0. The van der Waals surface area contributed by atoms with Gasteiger partial charge in [-0.25, -0.2) is 8.78 Å². The van der Waals surface area contributed by atoms with Crippen LogP contribution in [0.5, 0.6) is 0 Å². The van der Waals surface area contributed by atoms with Crippen LogP contribution in [0.1, 0.15) is 107 Å². The van der Waals surface area contributed by atoms with E-state index in [4.69, 9.17) is 23.2 Å². The van der Waals surface area contributed by atoms with E-state index >= 15 is 0 Å². The van der Waals surface area contributed by atoms with Crippen molar-refractivity contribution in [2.75, 3.05) is 52.4 Å². The Kier molecular flexibility index (Phi) is 16.9. The quantitative estimate of drug-likeness (QED) is 0.102. The van der Waals surface area contributed by atoms with Crippen LogP contribution in [0.4, 0.5) is 8.78 Å². The molecule has 2 aromatic heterocycles. The molecule has 0 bridgehead atoms. The maximum Gasteiger partial charge on any atom is 0.295 e. The molecule has 6 aromatic rings. The van der Waals surface area contributed by atoms with Gasteiger partial charge in [-0.1, -0.05) is 47.5 Å². The van der Waals surface area contributed by atoms with Crippen LogP contribution < -0.4 is 5.32 Å². The molecule has 3 N–H and O–H groups in total. The molecule has 4 saturated heterocycles. The summed E-state index contributed by atoms with van der Waals surface area (Å²) in [6, 6.07) is 22.4. The highest BCUT2D eigenvalue weighted by Gasteiger charge is 2.36. The first-order valence-electron chi connectivity index (χ1n) is 25.2. The van der Waals surface area contributed by atoms with Gasteiger partial charge in [-0.15, -0.1) is 0 Å². The molecule has 0 unspecified atom stereocenters. The Labute approximate surface area is 431 Å². The molecular weight excluding hydrogens is 958 g/mol. The van der Waals surface area contributed by atoms with Crippen LogP contribution in [0.25, 0.3) is 21.8 Å². The highest BCUT2D eigenvalue weighted by Crippen LogP contribution is 2.32. The number of hydrogen-bond donors (Lipinski definition) is 3. The minimum absolute atomic E-state index is 0.0310. The number of aromatic nitrogens is 2. The second-order valence-corrected chi connectivity index (χ2v) is 20.9. The van der Waals surface area contributed by atoms with Crippen molar-refractivity contribution in [1.29, 1.82) is 0 Å². The number of rotatable bonds is 8. The lowest BCUT2D eigenvalue weighted by Crippen LogP contribution is -2.57. The lowest BCUT2D eigenvalue weighted by molar-refractivity contribution is -0.125. The van der Waals surface area contributed by atoms with Gasteiger partial charge >= 0.3 is 0 Å². The van der Waals surface area contributed by atoms with Crippen molar-refractivity contribution >= 4 is 68.5 Å². The fourth-order valence-electron chi connectivity index (χ4n) is 10.4. The number of hydrogen-bond acceptors (Lipinski definition) is 7. The minimum atomic E-state index is -0.562. The molecule has 12 nitrogen and oxygen atoms in total. The largest absolute Gasteiger partial charge is 0.359 e. The summed E-state index contributed by atoms with van der Waals surface area (Å²) in [6.45, 7) is 19.6. The molecule has 4 aliphatic rings. The van der Waals surface area contributed by atoms with E-state index in [0.717, 1.165) is 53.7 Å². The van der Waals surface area contributed by atoms with Crippen molar-refractivity contribution in [3.05, 3.63) is 140 Å². The molecule has 10 rings (SSSR count). The summed E-state index contributed by atoms with van der Waals surface area (Å²) in [4.78, 5) is 69.5. The molecule has 0 spiro atoms. The molecule has 0 aliphatic carbocycles. The number of nitrogens with one attached hydrogen (secondary N) is 3. The number of ketones is 1. The molecule has 4 atom stereocenters. The lowest BCUT2D eigenvalue weighted by atomic mass is 10.0. The number of aromatic amines is 2. The fourth-order valence-corrected chi connectivity index (χ4v) is 10.9. The first-order valence-corrected chi connectivity index (χ1v) is 25.9. The number of H-pyrrole nitrogens is 2. The Morgan fingerprint density at radius 1 is 0.597 bits per heavy atom. The number of aryl methyl sites for hydroxylation is 2. The van der Waals surface area contributed by atoms with Gasteiger partial charge in [-0.3, -0.25) is 29.0 Å². The van der Waals surface area contributed by atoms with E-state index < -0.39 is 11.7 Å². The third-order valence-corrected chi connectivity index (χ3v) is 15.1. The van der Waals surface area contributed by atoms with Gasteiger partial charge in [0.1, 0.15) is 11.6 Å². The molecule has 72 heavy (non-hydrogen) atoms. The number of Topliss-reactive ketones (excluding diaryl/α,β-unsaturated/α-hetero) is 1. The SMILES string of the molecule is C1CCNC1.Cc1[nH]c2cc(Cl)c(C(=O)N3C[C@H](C)N(Cc4ccc(F)cc4)C[C@H]3C)cc2c1C(=O)C(=O)N1CCCC1.Cc1cc2cc(C(=O)N3C[C@H](C)N(Cc4ccc(F)cc4)C[C@H]3C)c(Cl)cc2[nH]1. The van der Waals surface area contributed by atoms with Crippen LogP contribution >= 0.6 is 23.2 Å². The third kappa shape index (κ3) is 12.1. The molecule has 0 saturated carbocycles. The number of carbonyl (C=O) groups excluding carboxylic acids is 4. The lowest BCUT2D eigenvalue weighted by Gasteiger charge is -2.44.